The van der Waals surface area contributed by atoms with Gasteiger partial charge in [0.15, 0.2) is 0 Å². The molecule has 0 radical (unpaired) electrons. The van der Waals surface area contributed by atoms with Crippen molar-refractivity contribution in [3.05, 3.63) is 71.2 Å². The van der Waals surface area contributed by atoms with Gasteiger partial charge < -0.3 is 25.6 Å². The molecule has 1 aliphatic heterocycles. The molecule has 35 heavy (non-hydrogen) atoms. The molecular weight excluding hydrogens is 456 g/mol. The van der Waals surface area contributed by atoms with Gasteiger partial charge in [0.25, 0.3) is 5.91 Å². The van der Waals surface area contributed by atoms with E-state index in [0.717, 1.165) is 0 Å². The van der Waals surface area contributed by atoms with E-state index in [1.54, 1.807) is 26.2 Å². The zero-order valence-electron chi connectivity index (χ0n) is 19.5. The number of carbonyl (C=O) groups is 1. The van der Waals surface area contributed by atoms with Crippen LogP contribution in [0.5, 0.6) is 5.75 Å². The van der Waals surface area contributed by atoms with Crippen LogP contribution in [0.25, 0.3) is 0 Å². The number of aromatic nitrogens is 3. The molecule has 1 aromatic carbocycles. The van der Waals surface area contributed by atoms with Crippen molar-refractivity contribution < 1.29 is 18.3 Å². The fourth-order valence-electron chi connectivity index (χ4n) is 3.88. The SMILES string of the molecule is CNCC[C@H](Oc1cnc(CN2CCN(C)c3nc(N)ncc3C2=O)c(F)c1)c1cccc(F)c1. The van der Waals surface area contributed by atoms with Gasteiger partial charge in [-0.2, -0.15) is 4.98 Å². The van der Waals surface area contributed by atoms with Gasteiger partial charge >= 0.3 is 0 Å². The summed E-state index contributed by atoms with van der Waals surface area (Å²) in [5, 5.41) is 3.04. The van der Waals surface area contributed by atoms with E-state index in [1.807, 2.05) is 4.90 Å². The molecule has 184 valence electrons. The molecule has 9 nitrogen and oxygen atoms in total. The molecule has 0 bridgehead atoms. The number of likely N-dealkylation sites (N-methyl/N-ethyl adjacent to an activating group) is 1. The molecule has 0 spiro atoms. The van der Waals surface area contributed by atoms with Crippen molar-refractivity contribution in [1.82, 2.24) is 25.2 Å². The van der Waals surface area contributed by atoms with Gasteiger partial charge in [-0.15, -0.1) is 0 Å². The standard InChI is InChI=1S/C24H27F2N7O2/c1-28-7-6-21(15-4-3-5-16(25)10-15)35-17-11-19(26)20(29-12-17)14-33-9-8-32(2)22-18(23(33)34)13-30-24(27)31-22/h3-5,10-13,21,28H,6-9,14H2,1-2H3,(H2,27,30,31)/t21-/m0/s1. The first kappa shape index (κ1) is 24.3. The van der Waals surface area contributed by atoms with Gasteiger partial charge in [-0.05, 0) is 31.3 Å². The molecule has 0 unspecified atom stereocenters. The molecule has 1 aliphatic rings. The first-order chi connectivity index (χ1) is 16.9. The molecule has 0 fully saturated rings. The van der Waals surface area contributed by atoms with Crippen LogP contribution in [0.2, 0.25) is 0 Å². The van der Waals surface area contributed by atoms with Crippen LogP contribution in [0.15, 0.2) is 42.7 Å². The van der Waals surface area contributed by atoms with Gasteiger partial charge in [0.1, 0.15) is 34.9 Å². The number of hydrogen-bond acceptors (Lipinski definition) is 8. The number of halogens is 2. The molecular formula is C24H27F2N7O2. The maximum Gasteiger partial charge on any atom is 0.259 e. The minimum absolute atomic E-state index is 0.0321. The minimum atomic E-state index is -0.603. The van der Waals surface area contributed by atoms with E-state index in [-0.39, 0.29) is 35.7 Å². The third-order valence-corrected chi connectivity index (χ3v) is 5.76. The van der Waals surface area contributed by atoms with Crippen LogP contribution in [0.3, 0.4) is 0 Å². The predicted octanol–water partition coefficient (Wildman–Crippen LogP) is 2.55. The van der Waals surface area contributed by atoms with Crippen molar-refractivity contribution in [3.8, 4) is 5.75 Å². The average molecular weight is 484 g/mol. The summed E-state index contributed by atoms with van der Waals surface area (Å²) >= 11 is 0. The number of nitrogens with zero attached hydrogens (tertiary/aromatic N) is 5. The van der Waals surface area contributed by atoms with Crippen molar-refractivity contribution in [3.63, 3.8) is 0 Å². The molecule has 11 heteroatoms. The molecule has 4 rings (SSSR count). The van der Waals surface area contributed by atoms with E-state index >= 15 is 4.39 Å². The number of hydrogen-bond donors (Lipinski definition) is 2. The lowest BCUT2D eigenvalue weighted by atomic mass is 10.1. The van der Waals surface area contributed by atoms with Crippen molar-refractivity contribution in [2.24, 2.45) is 0 Å². The summed E-state index contributed by atoms with van der Waals surface area (Å²) in [4.78, 5) is 28.7. The smallest absolute Gasteiger partial charge is 0.259 e. The molecule has 0 aliphatic carbocycles. The highest BCUT2D eigenvalue weighted by Crippen LogP contribution is 2.27. The number of nitrogens with one attached hydrogen (secondary N) is 1. The molecule has 1 atom stereocenters. The predicted molar refractivity (Wildman–Crippen MR) is 127 cm³/mol. The van der Waals surface area contributed by atoms with Gasteiger partial charge in [-0.25, -0.2) is 13.8 Å². The maximum absolute atomic E-state index is 15.0. The van der Waals surface area contributed by atoms with Gasteiger partial charge in [0.2, 0.25) is 5.95 Å². The first-order valence-electron chi connectivity index (χ1n) is 11.2. The molecule has 3 heterocycles. The third kappa shape index (κ3) is 5.62. The second-order valence-corrected chi connectivity index (χ2v) is 8.27. The average Bonchev–Trinajstić information content (AvgIpc) is 2.95. The van der Waals surface area contributed by atoms with Crippen molar-refractivity contribution >= 4 is 17.7 Å². The zero-order chi connectivity index (χ0) is 24.9. The Morgan fingerprint density at radius 2 is 2.03 bits per heavy atom. The van der Waals surface area contributed by atoms with Crippen molar-refractivity contribution in [1.29, 1.82) is 0 Å². The van der Waals surface area contributed by atoms with Crippen LogP contribution in [-0.4, -0.2) is 59.5 Å². The largest absolute Gasteiger partial charge is 0.484 e. The van der Waals surface area contributed by atoms with E-state index < -0.39 is 11.9 Å². The van der Waals surface area contributed by atoms with Gasteiger partial charge in [0, 0.05) is 38.8 Å². The minimum Gasteiger partial charge on any atom is -0.484 e. The number of benzene rings is 1. The number of carbonyl (C=O) groups excluding carboxylic acids is 1. The second kappa shape index (κ2) is 10.6. The van der Waals surface area contributed by atoms with E-state index in [9.17, 15) is 9.18 Å². The van der Waals surface area contributed by atoms with Gasteiger partial charge in [0.05, 0.1) is 18.4 Å². The van der Waals surface area contributed by atoms with Crippen LogP contribution in [0, 0.1) is 11.6 Å². The van der Waals surface area contributed by atoms with Crippen LogP contribution in [0.4, 0.5) is 20.5 Å². The lowest BCUT2D eigenvalue weighted by Gasteiger charge is -2.22. The Bertz CT molecular complexity index is 1210. The lowest BCUT2D eigenvalue weighted by molar-refractivity contribution is 0.0750. The highest BCUT2D eigenvalue weighted by atomic mass is 19.1. The first-order valence-corrected chi connectivity index (χ1v) is 11.2. The highest BCUT2D eigenvalue weighted by molar-refractivity contribution is 5.99. The Morgan fingerprint density at radius 3 is 2.77 bits per heavy atom. The van der Waals surface area contributed by atoms with E-state index in [2.05, 4.69) is 20.3 Å². The fraction of sp³-hybridized carbons (Fsp3) is 0.333. The Balaban J connectivity index is 1.51. The Kier molecular flexibility index (Phi) is 7.35. The van der Waals surface area contributed by atoms with Crippen LogP contribution < -0.4 is 20.7 Å². The fourth-order valence-corrected chi connectivity index (χ4v) is 3.88. The molecule has 0 saturated carbocycles. The molecule has 1 amide bonds. The number of nitrogen functional groups attached to an aromatic ring is 1. The topological polar surface area (TPSA) is 110 Å². The normalized spacial score (nSPS) is 14.5. The molecule has 0 saturated heterocycles. The molecule has 3 N–H and O–H groups in total. The van der Waals surface area contributed by atoms with Crippen LogP contribution >= 0.6 is 0 Å². The van der Waals surface area contributed by atoms with E-state index in [0.29, 0.717) is 43.0 Å². The van der Waals surface area contributed by atoms with Gasteiger partial charge in [-0.3, -0.25) is 9.78 Å². The van der Waals surface area contributed by atoms with Crippen LogP contribution in [0.1, 0.15) is 34.1 Å². The quantitative estimate of drug-likeness (QED) is 0.503. The van der Waals surface area contributed by atoms with E-state index in [4.69, 9.17) is 10.5 Å². The number of anilines is 2. The summed E-state index contributed by atoms with van der Waals surface area (Å²) in [6, 6.07) is 7.36. The maximum atomic E-state index is 15.0. The van der Waals surface area contributed by atoms with Crippen molar-refractivity contribution in [2.75, 3.05) is 44.4 Å². The zero-order valence-corrected chi connectivity index (χ0v) is 19.5. The third-order valence-electron chi connectivity index (χ3n) is 5.76. The number of amides is 1. The summed E-state index contributed by atoms with van der Waals surface area (Å²) in [6.45, 7) is 1.42. The number of nitrogens with two attached hydrogens (primary N) is 1. The number of pyridine rings is 1. The summed E-state index contributed by atoms with van der Waals surface area (Å²) < 4.78 is 34.7. The summed E-state index contributed by atoms with van der Waals surface area (Å²) in [5.74, 6) is -0.577. The monoisotopic (exact) mass is 483 g/mol. The molecule has 2 aromatic heterocycles. The Labute approximate surface area is 201 Å². The summed E-state index contributed by atoms with van der Waals surface area (Å²) in [5.41, 5.74) is 6.71. The van der Waals surface area contributed by atoms with E-state index in [1.165, 1.54) is 35.5 Å². The summed E-state index contributed by atoms with van der Waals surface area (Å²) in [6.07, 6.45) is 2.85. The van der Waals surface area contributed by atoms with Crippen molar-refractivity contribution in [2.45, 2.75) is 19.1 Å². The number of ether oxygens (including phenoxy) is 1. The lowest BCUT2D eigenvalue weighted by Crippen LogP contribution is -2.34. The van der Waals surface area contributed by atoms with Crippen LogP contribution in [-0.2, 0) is 6.54 Å². The van der Waals surface area contributed by atoms with Gasteiger partial charge in [-0.1, -0.05) is 12.1 Å². The number of fused-ring (bicyclic) bond motifs is 1. The Hall–Kier alpha value is -3.86. The highest BCUT2D eigenvalue weighted by Gasteiger charge is 2.28. The summed E-state index contributed by atoms with van der Waals surface area (Å²) in [7, 11) is 3.61. The Morgan fingerprint density at radius 1 is 1.20 bits per heavy atom. The molecule has 3 aromatic rings. The second-order valence-electron chi connectivity index (χ2n) is 8.27. The number of rotatable bonds is 8.